The minimum absolute atomic E-state index is 0.233. The third-order valence-electron chi connectivity index (χ3n) is 12.3. The van der Waals surface area contributed by atoms with Gasteiger partial charge < -0.3 is 0 Å². The Kier molecular flexibility index (Phi) is 7.86. The lowest BCUT2D eigenvalue weighted by Gasteiger charge is -2.62. The average molecular weight is 556 g/mol. The minimum atomic E-state index is 0.233. The van der Waals surface area contributed by atoms with Crippen LogP contribution in [0.1, 0.15) is 111 Å². The van der Waals surface area contributed by atoms with Crippen molar-refractivity contribution in [2.75, 3.05) is 0 Å². The van der Waals surface area contributed by atoms with Crippen LogP contribution in [0.2, 0.25) is 0 Å². The van der Waals surface area contributed by atoms with E-state index in [1.54, 1.807) is 0 Å². The molecule has 1 aromatic carbocycles. The zero-order chi connectivity index (χ0) is 25.7. The third-order valence-corrected chi connectivity index (χ3v) is 12.9. The van der Waals surface area contributed by atoms with Crippen molar-refractivity contribution in [3.8, 4) is 0 Å². The van der Waals surface area contributed by atoms with Gasteiger partial charge in [-0.1, -0.05) is 81.9 Å². The Bertz CT molecular complexity index is 920. The molecule has 4 aliphatic carbocycles. The summed E-state index contributed by atoms with van der Waals surface area (Å²) < 4.78 is 1.13. The zero-order valence-electron chi connectivity index (χ0n) is 23.7. The molecule has 0 aliphatic heterocycles. The molecular formula is C34H51BrO. The molecule has 4 fully saturated rings. The molecule has 4 saturated carbocycles. The van der Waals surface area contributed by atoms with Crippen LogP contribution in [0.3, 0.4) is 0 Å². The quantitative estimate of drug-likeness (QED) is 0.327. The lowest BCUT2D eigenvalue weighted by Crippen LogP contribution is -2.56. The van der Waals surface area contributed by atoms with Gasteiger partial charge >= 0.3 is 0 Å². The molecule has 0 spiro atoms. The van der Waals surface area contributed by atoms with Gasteiger partial charge in [0.1, 0.15) is 5.78 Å². The molecule has 0 aromatic heterocycles. The summed E-state index contributed by atoms with van der Waals surface area (Å²) in [4.78, 5) is 13.3. The van der Waals surface area contributed by atoms with Crippen LogP contribution < -0.4 is 0 Å². The Morgan fingerprint density at radius 3 is 2.28 bits per heavy atom. The molecule has 0 N–H and O–H groups in total. The number of fused-ring (bicyclic) bond motifs is 5. The highest BCUT2D eigenvalue weighted by molar-refractivity contribution is 9.10. The maximum Gasteiger partial charge on any atom is 0.136 e. The summed E-state index contributed by atoms with van der Waals surface area (Å²) in [5.74, 6) is 6.68. The Morgan fingerprint density at radius 1 is 0.861 bits per heavy atom. The van der Waals surface area contributed by atoms with Crippen LogP contribution in [-0.4, -0.2) is 5.78 Å². The van der Waals surface area contributed by atoms with E-state index >= 15 is 0 Å². The second-order valence-corrected chi connectivity index (χ2v) is 15.4. The van der Waals surface area contributed by atoms with Crippen molar-refractivity contribution in [2.24, 2.45) is 58.2 Å². The van der Waals surface area contributed by atoms with Crippen LogP contribution in [0.25, 0.3) is 0 Å². The number of ketones is 1. The molecule has 0 bridgehead atoms. The Balaban J connectivity index is 1.31. The lowest BCUT2D eigenvalue weighted by atomic mass is 9.43. The number of hydrogen-bond acceptors (Lipinski definition) is 1. The molecule has 0 radical (unpaired) electrons. The number of halogens is 1. The SMILES string of the molecule is CC(C)CCC[C@@H](C)[C@H]1CC[C@H]2[C@@H]3CCC4[C@H](Cc5ccc(Br)cc5)C(=O)CC[C@]4(C)[C@H]3CC[C@]12C. The zero-order valence-corrected chi connectivity index (χ0v) is 25.3. The van der Waals surface area contributed by atoms with Gasteiger partial charge in [-0.05, 0) is 121 Å². The fourth-order valence-electron chi connectivity index (χ4n) is 10.5. The van der Waals surface area contributed by atoms with E-state index in [0.29, 0.717) is 22.5 Å². The van der Waals surface area contributed by atoms with Gasteiger partial charge in [0.05, 0.1) is 0 Å². The summed E-state index contributed by atoms with van der Waals surface area (Å²) in [7, 11) is 0. The monoisotopic (exact) mass is 554 g/mol. The Hall–Kier alpha value is -0.630. The summed E-state index contributed by atoms with van der Waals surface area (Å²) >= 11 is 3.58. The van der Waals surface area contributed by atoms with Crippen LogP contribution in [0.4, 0.5) is 0 Å². The predicted octanol–water partition coefficient (Wildman–Crippen LogP) is 9.91. The maximum atomic E-state index is 13.3. The topological polar surface area (TPSA) is 17.1 Å². The summed E-state index contributed by atoms with van der Waals surface area (Å²) in [5.41, 5.74) is 2.26. The number of carbonyl (C=O) groups excluding carboxylic acids is 1. The molecule has 5 rings (SSSR count). The summed E-state index contributed by atoms with van der Waals surface area (Å²) in [6, 6.07) is 8.73. The summed E-state index contributed by atoms with van der Waals surface area (Å²) in [6.45, 7) is 12.7. The molecule has 0 saturated heterocycles. The molecule has 200 valence electrons. The van der Waals surface area contributed by atoms with Gasteiger partial charge in [0, 0.05) is 16.8 Å². The number of hydrogen-bond donors (Lipinski definition) is 0. The first-order valence-corrected chi connectivity index (χ1v) is 16.2. The van der Waals surface area contributed by atoms with E-state index in [9.17, 15) is 4.79 Å². The second kappa shape index (κ2) is 10.5. The highest BCUT2D eigenvalue weighted by Crippen LogP contribution is 2.68. The normalized spacial score (nSPS) is 41.0. The smallest absolute Gasteiger partial charge is 0.136 e. The number of carbonyl (C=O) groups is 1. The van der Waals surface area contributed by atoms with Crippen LogP contribution in [0.15, 0.2) is 28.7 Å². The summed E-state index contributed by atoms with van der Waals surface area (Å²) in [6.07, 6.45) is 15.6. The first kappa shape index (κ1) is 27.0. The van der Waals surface area contributed by atoms with Gasteiger partial charge in [-0.3, -0.25) is 4.79 Å². The van der Waals surface area contributed by atoms with Crippen LogP contribution >= 0.6 is 15.9 Å². The van der Waals surface area contributed by atoms with E-state index in [0.717, 1.165) is 59.2 Å². The van der Waals surface area contributed by atoms with E-state index < -0.39 is 0 Å². The lowest BCUT2D eigenvalue weighted by molar-refractivity contribution is -0.152. The molecule has 1 unspecified atom stereocenters. The van der Waals surface area contributed by atoms with Crippen molar-refractivity contribution in [3.63, 3.8) is 0 Å². The average Bonchev–Trinajstić information content (AvgIpc) is 3.19. The maximum absolute atomic E-state index is 13.3. The molecule has 1 nitrogen and oxygen atoms in total. The van der Waals surface area contributed by atoms with Crippen LogP contribution in [0.5, 0.6) is 0 Å². The van der Waals surface area contributed by atoms with Crippen LogP contribution in [0, 0.1) is 58.2 Å². The van der Waals surface area contributed by atoms with E-state index in [4.69, 9.17) is 0 Å². The molecule has 2 heteroatoms. The molecule has 36 heavy (non-hydrogen) atoms. The van der Waals surface area contributed by atoms with Gasteiger partial charge in [0.25, 0.3) is 0 Å². The summed E-state index contributed by atoms with van der Waals surface area (Å²) in [5, 5.41) is 0. The molecular weight excluding hydrogens is 504 g/mol. The number of benzene rings is 1. The minimum Gasteiger partial charge on any atom is -0.299 e. The Labute approximate surface area is 230 Å². The second-order valence-electron chi connectivity index (χ2n) is 14.5. The molecule has 0 heterocycles. The number of Topliss-reactive ketones (excluding diaryl/α,β-unsaturated/α-hetero) is 1. The highest BCUT2D eigenvalue weighted by Gasteiger charge is 2.61. The Morgan fingerprint density at radius 2 is 1.56 bits per heavy atom. The molecule has 0 amide bonds. The van der Waals surface area contributed by atoms with Gasteiger partial charge in [0.2, 0.25) is 0 Å². The van der Waals surface area contributed by atoms with Gasteiger partial charge in [-0.15, -0.1) is 0 Å². The van der Waals surface area contributed by atoms with Crippen molar-refractivity contribution in [1.29, 1.82) is 0 Å². The van der Waals surface area contributed by atoms with Crippen molar-refractivity contribution in [2.45, 2.75) is 112 Å². The predicted molar refractivity (Wildman–Crippen MR) is 155 cm³/mol. The van der Waals surface area contributed by atoms with Crippen molar-refractivity contribution >= 4 is 21.7 Å². The first-order chi connectivity index (χ1) is 17.1. The van der Waals surface area contributed by atoms with Crippen molar-refractivity contribution in [3.05, 3.63) is 34.3 Å². The van der Waals surface area contributed by atoms with E-state index in [1.165, 1.54) is 63.4 Å². The van der Waals surface area contributed by atoms with Gasteiger partial charge in [-0.2, -0.15) is 0 Å². The van der Waals surface area contributed by atoms with Gasteiger partial charge in [0.15, 0.2) is 0 Å². The van der Waals surface area contributed by atoms with Gasteiger partial charge in [-0.25, -0.2) is 0 Å². The fraction of sp³-hybridized carbons (Fsp3) is 0.794. The van der Waals surface area contributed by atoms with Crippen molar-refractivity contribution in [1.82, 2.24) is 0 Å². The third kappa shape index (κ3) is 4.80. The van der Waals surface area contributed by atoms with E-state index in [-0.39, 0.29) is 5.92 Å². The first-order valence-electron chi connectivity index (χ1n) is 15.4. The number of rotatable bonds is 7. The highest BCUT2D eigenvalue weighted by atomic mass is 79.9. The molecule has 1 aromatic rings. The van der Waals surface area contributed by atoms with E-state index in [1.807, 2.05) is 0 Å². The van der Waals surface area contributed by atoms with Crippen LogP contribution in [-0.2, 0) is 11.2 Å². The largest absolute Gasteiger partial charge is 0.299 e. The standard InChI is InChI=1S/C34H51BrO/c1-22(2)7-6-8-23(3)28-15-16-29-26-13-14-30-27(21-24-9-11-25(35)12-10-24)32(36)18-20-34(30,5)31(26)17-19-33(28,29)4/h9-12,22-23,26-31H,6-8,13-21H2,1-5H3/t23-,26+,27+,28-,29+,30?,31+,33-,34+/m1/s1. The van der Waals surface area contributed by atoms with E-state index in [2.05, 4.69) is 74.8 Å². The fourth-order valence-corrected chi connectivity index (χ4v) is 10.7. The molecule has 4 aliphatic rings. The van der Waals surface area contributed by atoms with Crippen molar-refractivity contribution < 1.29 is 4.79 Å². The molecule has 9 atom stereocenters.